The number of hydrogen-bond acceptors (Lipinski definition) is 2. The van der Waals surface area contributed by atoms with E-state index in [0.717, 1.165) is 17.0 Å². The summed E-state index contributed by atoms with van der Waals surface area (Å²) < 4.78 is 39.6. The first-order chi connectivity index (χ1) is 11.2. The maximum Gasteiger partial charge on any atom is 0.416 e. The van der Waals surface area contributed by atoms with Crippen molar-refractivity contribution >= 4 is 17.4 Å². The second-order valence-electron chi connectivity index (χ2n) is 5.73. The SMILES string of the molecule is Cc1cn(-c2ccc(C(F)(F)F)cc2)c(=NC(=O)NCC(C)C)s1. The van der Waals surface area contributed by atoms with Crippen molar-refractivity contribution < 1.29 is 18.0 Å². The highest BCUT2D eigenvalue weighted by Gasteiger charge is 2.30. The van der Waals surface area contributed by atoms with Crippen LogP contribution in [0.2, 0.25) is 0 Å². The highest BCUT2D eigenvalue weighted by Crippen LogP contribution is 2.29. The first-order valence-corrected chi connectivity index (χ1v) is 8.17. The van der Waals surface area contributed by atoms with Gasteiger partial charge in [-0.15, -0.1) is 11.3 Å². The Labute approximate surface area is 141 Å². The second kappa shape index (κ2) is 7.21. The van der Waals surface area contributed by atoms with Crippen molar-refractivity contribution in [1.82, 2.24) is 9.88 Å². The Hall–Kier alpha value is -2.09. The number of alkyl halides is 3. The van der Waals surface area contributed by atoms with E-state index in [9.17, 15) is 18.0 Å². The molecule has 2 aromatic rings. The summed E-state index contributed by atoms with van der Waals surface area (Å²) in [6.45, 7) is 6.29. The summed E-state index contributed by atoms with van der Waals surface area (Å²) in [4.78, 5) is 17.2. The first kappa shape index (κ1) is 18.3. The van der Waals surface area contributed by atoms with E-state index < -0.39 is 17.8 Å². The molecule has 0 spiro atoms. The average Bonchev–Trinajstić information content (AvgIpc) is 2.85. The molecule has 130 valence electrons. The molecule has 1 aromatic carbocycles. The van der Waals surface area contributed by atoms with Gasteiger partial charge in [0.15, 0.2) is 4.80 Å². The van der Waals surface area contributed by atoms with E-state index in [1.807, 2.05) is 20.8 Å². The van der Waals surface area contributed by atoms with Gasteiger partial charge >= 0.3 is 12.2 Å². The van der Waals surface area contributed by atoms with Crippen molar-refractivity contribution in [2.45, 2.75) is 26.9 Å². The number of halogens is 3. The Kier molecular flexibility index (Phi) is 5.48. The van der Waals surface area contributed by atoms with Gasteiger partial charge in [0.05, 0.1) is 5.56 Å². The van der Waals surface area contributed by atoms with E-state index in [0.29, 0.717) is 23.0 Å². The van der Waals surface area contributed by atoms with Crippen LogP contribution < -0.4 is 10.1 Å². The molecule has 1 aromatic heterocycles. The van der Waals surface area contributed by atoms with Crippen molar-refractivity contribution in [3.8, 4) is 5.69 Å². The summed E-state index contributed by atoms with van der Waals surface area (Å²) in [7, 11) is 0. The predicted molar refractivity (Wildman–Crippen MR) is 87.2 cm³/mol. The average molecular weight is 357 g/mol. The van der Waals surface area contributed by atoms with Crippen LogP contribution in [0.4, 0.5) is 18.0 Å². The van der Waals surface area contributed by atoms with Gasteiger partial charge in [-0.05, 0) is 37.1 Å². The van der Waals surface area contributed by atoms with Gasteiger partial charge in [0.25, 0.3) is 0 Å². The summed E-state index contributed by atoms with van der Waals surface area (Å²) >= 11 is 1.29. The molecule has 0 aliphatic carbocycles. The van der Waals surface area contributed by atoms with Crippen LogP contribution in [0.1, 0.15) is 24.3 Å². The normalized spacial score (nSPS) is 12.7. The molecule has 0 aliphatic heterocycles. The molecule has 24 heavy (non-hydrogen) atoms. The molecule has 0 radical (unpaired) electrons. The second-order valence-corrected chi connectivity index (χ2v) is 6.94. The van der Waals surface area contributed by atoms with Crippen molar-refractivity contribution in [1.29, 1.82) is 0 Å². The monoisotopic (exact) mass is 357 g/mol. The number of rotatable bonds is 3. The van der Waals surface area contributed by atoms with Crippen molar-refractivity contribution in [3.63, 3.8) is 0 Å². The van der Waals surface area contributed by atoms with Crippen LogP contribution in [0.15, 0.2) is 35.5 Å². The molecule has 0 unspecified atom stereocenters. The number of amides is 2. The molecule has 0 fully saturated rings. The highest BCUT2D eigenvalue weighted by atomic mass is 32.1. The van der Waals surface area contributed by atoms with Crippen molar-refractivity contribution in [2.75, 3.05) is 6.54 Å². The molecule has 4 nitrogen and oxygen atoms in total. The molecular weight excluding hydrogens is 339 g/mol. The van der Waals surface area contributed by atoms with E-state index in [1.54, 1.807) is 10.8 Å². The fourth-order valence-electron chi connectivity index (χ4n) is 1.95. The fourth-order valence-corrected chi connectivity index (χ4v) is 2.78. The Bertz CT molecular complexity index is 773. The number of aryl methyl sites for hydroxylation is 1. The molecule has 2 amide bonds. The molecule has 0 bridgehead atoms. The number of nitrogens with one attached hydrogen (secondary N) is 1. The van der Waals surface area contributed by atoms with E-state index in [-0.39, 0.29) is 0 Å². The maximum atomic E-state index is 12.7. The minimum atomic E-state index is -4.38. The van der Waals surface area contributed by atoms with Crippen LogP contribution in [0, 0.1) is 12.8 Å². The van der Waals surface area contributed by atoms with Crippen LogP contribution in [0.25, 0.3) is 5.69 Å². The topological polar surface area (TPSA) is 46.4 Å². The minimum absolute atomic E-state index is 0.302. The molecule has 1 N–H and O–H groups in total. The number of carbonyl (C=O) groups excluding carboxylic acids is 1. The van der Waals surface area contributed by atoms with Gasteiger partial charge in [0, 0.05) is 23.3 Å². The molecular formula is C16H18F3N3OS. The van der Waals surface area contributed by atoms with Gasteiger partial charge in [0.1, 0.15) is 0 Å². The molecule has 8 heteroatoms. The molecule has 0 atom stereocenters. The minimum Gasteiger partial charge on any atom is -0.336 e. The van der Waals surface area contributed by atoms with E-state index in [4.69, 9.17) is 0 Å². The van der Waals surface area contributed by atoms with E-state index in [1.165, 1.54) is 23.5 Å². The van der Waals surface area contributed by atoms with E-state index >= 15 is 0 Å². The number of hydrogen-bond donors (Lipinski definition) is 1. The van der Waals surface area contributed by atoms with Gasteiger partial charge in [-0.25, -0.2) is 4.79 Å². The summed E-state index contributed by atoms with van der Waals surface area (Å²) in [6.07, 6.45) is -2.64. The number of urea groups is 1. The third-order valence-electron chi connectivity index (χ3n) is 3.10. The molecule has 0 saturated heterocycles. The Morgan fingerprint density at radius 3 is 2.46 bits per heavy atom. The van der Waals surface area contributed by atoms with Crippen LogP contribution >= 0.6 is 11.3 Å². The summed E-state index contributed by atoms with van der Waals surface area (Å²) in [6, 6.07) is 4.28. The van der Waals surface area contributed by atoms with E-state index in [2.05, 4.69) is 10.3 Å². The highest BCUT2D eigenvalue weighted by molar-refractivity contribution is 7.09. The zero-order valence-electron chi connectivity index (χ0n) is 13.5. The molecule has 0 saturated carbocycles. The van der Waals surface area contributed by atoms with Gasteiger partial charge in [-0.2, -0.15) is 18.2 Å². The standard InChI is InChI=1S/C16H18F3N3OS/c1-10(2)8-20-14(23)21-15-22(9-11(3)24-15)13-6-4-12(5-7-13)16(17,18)19/h4-7,9-10H,8H2,1-3H3,(H,20,23). The number of aromatic nitrogens is 1. The van der Waals surface area contributed by atoms with Crippen LogP contribution in [0.3, 0.4) is 0 Å². The van der Waals surface area contributed by atoms with Crippen LogP contribution in [-0.4, -0.2) is 17.1 Å². The van der Waals surface area contributed by atoms with Crippen LogP contribution in [-0.2, 0) is 6.18 Å². The van der Waals surface area contributed by atoms with Gasteiger partial charge in [-0.1, -0.05) is 13.8 Å². The smallest absolute Gasteiger partial charge is 0.336 e. The zero-order chi connectivity index (χ0) is 17.9. The number of benzene rings is 1. The molecule has 0 aliphatic rings. The lowest BCUT2D eigenvalue weighted by atomic mass is 10.2. The largest absolute Gasteiger partial charge is 0.416 e. The number of thiazole rings is 1. The lowest BCUT2D eigenvalue weighted by Crippen LogP contribution is -2.27. The number of carbonyl (C=O) groups is 1. The first-order valence-electron chi connectivity index (χ1n) is 7.36. The lowest BCUT2D eigenvalue weighted by Gasteiger charge is -2.08. The molecule has 2 rings (SSSR count). The third-order valence-corrected chi connectivity index (χ3v) is 4.00. The van der Waals surface area contributed by atoms with Gasteiger partial charge in [-0.3, -0.25) is 4.57 Å². The van der Waals surface area contributed by atoms with Gasteiger partial charge < -0.3 is 5.32 Å². The summed E-state index contributed by atoms with van der Waals surface area (Å²) in [5.41, 5.74) is -0.199. The van der Waals surface area contributed by atoms with Crippen molar-refractivity contribution in [3.05, 3.63) is 45.7 Å². The van der Waals surface area contributed by atoms with Crippen molar-refractivity contribution in [2.24, 2.45) is 10.9 Å². The quantitative estimate of drug-likeness (QED) is 0.882. The Balaban J connectivity index is 2.33. The Morgan fingerprint density at radius 2 is 1.92 bits per heavy atom. The fraction of sp³-hybridized carbons (Fsp3) is 0.375. The summed E-state index contributed by atoms with van der Waals surface area (Å²) in [5, 5.41) is 2.69. The summed E-state index contributed by atoms with van der Waals surface area (Å²) in [5.74, 6) is 0.302. The molecule has 1 heterocycles. The maximum absolute atomic E-state index is 12.7. The van der Waals surface area contributed by atoms with Gasteiger partial charge in [0.2, 0.25) is 0 Å². The predicted octanol–water partition coefficient (Wildman–Crippen LogP) is 4.13. The third kappa shape index (κ3) is 4.70. The lowest BCUT2D eigenvalue weighted by molar-refractivity contribution is -0.137. The Morgan fingerprint density at radius 1 is 1.29 bits per heavy atom. The van der Waals surface area contributed by atoms with Crippen LogP contribution in [0.5, 0.6) is 0 Å². The zero-order valence-corrected chi connectivity index (χ0v) is 14.3. The number of nitrogens with zero attached hydrogens (tertiary/aromatic N) is 2.